The highest BCUT2D eigenvalue weighted by molar-refractivity contribution is 6.35. The lowest BCUT2D eigenvalue weighted by molar-refractivity contribution is 0.566. The number of aromatic nitrogens is 2. The number of nitrogens with zero attached hydrogens (tertiary/aromatic N) is 2. The molecule has 0 spiro atoms. The third-order valence-electron chi connectivity index (χ3n) is 2.07. The molecule has 84 valence electrons. The van der Waals surface area contributed by atoms with Crippen LogP contribution in [0.3, 0.4) is 0 Å². The maximum absolute atomic E-state index is 5.92. The summed E-state index contributed by atoms with van der Waals surface area (Å²) in [6.07, 6.45) is 3.69. The first kappa shape index (κ1) is 12.0. The van der Waals surface area contributed by atoms with E-state index in [0.29, 0.717) is 16.7 Å². The Labute approximate surface area is 95.3 Å². The quantitative estimate of drug-likeness (QED) is 0.761. The Bertz CT molecular complexity index is 314. The molecule has 0 aliphatic heterocycles. The highest BCUT2D eigenvalue weighted by atomic mass is 35.5. The lowest BCUT2D eigenvalue weighted by atomic mass is 10.1. The van der Waals surface area contributed by atoms with Crippen molar-refractivity contribution in [1.82, 2.24) is 9.97 Å². The third kappa shape index (κ3) is 3.91. The zero-order valence-corrected chi connectivity index (χ0v) is 9.88. The van der Waals surface area contributed by atoms with Crippen molar-refractivity contribution in [2.24, 2.45) is 5.92 Å². The normalized spacial score (nSPS) is 10.7. The Hall–Kier alpha value is -1.03. The van der Waals surface area contributed by atoms with Gasteiger partial charge in [0.05, 0.1) is 0 Å². The molecule has 1 heterocycles. The van der Waals surface area contributed by atoms with E-state index in [9.17, 15) is 0 Å². The van der Waals surface area contributed by atoms with Crippen LogP contribution in [0.5, 0.6) is 0 Å². The Balaban J connectivity index is 2.41. The van der Waals surface area contributed by atoms with Crippen molar-refractivity contribution < 1.29 is 0 Å². The van der Waals surface area contributed by atoms with E-state index in [1.807, 2.05) is 0 Å². The van der Waals surface area contributed by atoms with Gasteiger partial charge in [-0.05, 0) is 18.8 Å². The van der Waals surface area contributed by atoms with Gasteiger partial charge in [-0.25, -0.2) is 9.97 Å². The van der Waals surface area contributed by atoms with Gasteiger partial charge in [-0.2, -0.15) is 0 Å². The number of nitrogens with one attached hydrogen (secondary N) is 1. The summed E-state index contributed by atoms with van der Waals surface area (Å²) in [6, 6.07) is 0. The fourth-order valence-corrected chi connectivity index (χ4v) is 1.39. The molecule has 0 aromatic carbocycles. The molecule has 5 heteroatoms. The molecular weight excluding hydrogens is 212 g/mol. The van der Waals surface area contributed by atoms with Crippen molar-refractivity contribution in [1.29, 1.82) is 0 Å². The molecule has 0 aliphatic rings. The minimum atomic E-state index is 0.318. The highest BCUT2D eigenvalue weighted by Crippen LogP contribution is 2.23. The summed E-state index contributed by atoms with van der Waals surface area (Å²) in [7, 11) is 0. The zero-order chi connectivity index (χ0) is 11.3. The summed E-state index contributed by atoms with van der Waals surface area (Å²) < 4.78 is 0. The summed E-state index contributed by atoms with van der Waals surface area (Å²) in [6.45, 7) is 5.26. The van der Waals surface area contributed by atoms with Crippen molar-refractivity contribution in [3.05, 3.63) is 11.3 Å². The summed E-state index contributed by atoms with van der Waals surface area (Å²) in [5.74, 6) is 1.66. The number of halogens is 1. The van der Waals surface area contributed by atoms with Crippen LogP contribution in [0.4, 0.5) is 11.6 Å². The van der Waals surface area contributed by atoms with Gasteiger partial charge in [-0.1, -0.05) is 25.4 Å². The Morgan fingerprint density at radius 3 is 2.87 bits per heavy atom. The van der Waals surface area contributed by atoms with Crippen molar-refractivity contribution in [2.75, 3.05) is 17.6 Å². The summed E-state index contributed by atoms with van der Waals surface area (Å²) >= 11 is 5.92. The largest absolute Gasteiger partial charge is 0.382 e. The van der Waals surface area contributed by atoms with E-state index < -0.39 is 0 Å². The fourth-order valence-electron chi connectivity index (χ4n) is 1.22. The summed E-state index contributed by atoms with van der Waals surface area (Å²) in [4.78, 5) is 7.81. The molecule has 0 unspecified atom stereocenters. The fraction of sp³-hybridized carbons (Fsp3) is 0.600. The monoisotopic (exact) mass is 228 g/mol. The van der Waals surface area contributed by atoms with E-state index in [0.717, 1.165) is 18.9 Å². The Morgan fingerprint density at radius 2 is 2.20 bits per heavy atom. The molecule has 0 radical (unpaired) electrons. The molecule has 3 N–H and O–H groups in total. The second-order valence-corrected chi connectivity index (χ2v) is 4.26. The van der Waals surface area contributed by atoms with E-state index in [2.05, 4.69) is 29.1 Å². The molecule has 0 saturated heterocycles. The molecule has 0 amide bonds. The van der Waals surface area contributed by atoms with Gasteiger partial charge in [-0.15, -0.1) is 0 Å². The van der Waals surface area contributed by atoms with Crippen LogP contribution in [0.2, 0.25) is 5.02 Å². The van der Waals surface area contributed by atoms with Gasteiger partial charge in [0.2, 0.25) is 0 Å². The lowest BCUT2D eigenvalue weighted by Gasteiger charge is -2.08. The molecule has 0 bridgehead atoms. The van der Waals surface area contributed by atoms with Crippen molar-refractivity contribution >= 4 is 23.2 Å². The average Bonchev–Trinajstić information content (AvgIpc) is 2.18. The minimum absolute atomic E-state index is 0.318. The first-order valence-corrected chi connectivity index (χ1v) is 5.49. The maximum Gasteiger partial charge on any atom is 0.150 e. The van der Waals surface area contributed by atoms with E-state index >= 15 is 0 Å². The second kappa shape index (κ2) is 5.75. The summed E-state index contributed by atoms with van der Waals surface area (Å²) in [5, 5.41) is 3.55. The molecule has 0 aliphatic carbocycles. The molecule has 0 fully saturated rings. The predicted octanol–water partition coefficient (Wildman–Crippen LogP) is 2.56. The van der Waals surface area contributed by atoms with Gasteiger partial charge in [-0.3, -0.25) is 0 Å². The van der Waals surface area contributed by atoms with Gasteiger partial charge in [0, 0.05) is 6.54 Å². The minimum Gasteiger partial charge on any atom is -0.382 e. The first-order valence-electron chi connectivity index (χ1n) is 5.11. The van der Waals surface area contributed by atoms with Gasteiger partial charge < -0.3 is 11.1 Å². The number of hydrogen-bond donors (Lipinski definition) is 2. The van der Waals surface area contributed by atoms with Crippen molar-refractivity contribution in [3.8, 4) is 0 Å². The van der Waals surface area contributed by atoms with E-state index in [1.165, 1.54) is 12.7 Å². The Kier molecular flexibility index (Phi) is 4.62. The van der Waals surface area contributed by atoms with E-state index in [-0.39, 0.29) is 0 Å². The lowest BCUT2D eigenvalue weighted by Crippen LogP contribution is -2.06. The van der Waals surface area contributed by atoms with Crippen LogP contribution in [-0.2, 0) is 0 Å². The van der Waals surface area contributed by atoms with Crippen LogP contribution in [0.25, 0.3) is 0 Å². The van der Waals surface area contributed by atoms with E-state index in [1.54, 1.807) is 0 Å². The van der Waals surface area contributed by atoms with Crippen LogP contribution >= 0.6 is 11.6 Å². The van der Waals surface area contributed by atoms with Gasteiger partial charge in [0.1, 0.15) is 23.0 Å². The van der Waals surface area contributed by atoms with Crippen LogP contribution in [0, 0.1) is 5.92 Å². The molecule has 1 aromatic rings. The average molecular weight is 229 g/mol. The SMILES string of the molecule is CC(C)CCCNc1ncnc(N)c1Cl. The van der Waals surface area contributed by atoms with Gasteiger partial charge >= 0.3 is 0 Å². The molecule has 4 nitrogen and oxygen atoms in total. The van der Waals surface area contributed by atoms with Crippen LogP contribution in [0.15, 0.2) is 6.33 Å². The number of nitrogens with two attached hydrogens (primary N) is 1. The Morgan fingerprint density at radius 1 is 1.47 bits per heavy atom. The zero-order valence-electron chi connectivity index (χ0n) is 9.13. The van der Waals surface area contributed by atoms with Crippen LogP contribution < -0.4 is 11.1 Å². The molecular formula is C10H17ClN4. The number of nitrogen functional groups attached to an aromatic ring is 1. The first-order chi connectivity index (χ1) is 7.11. The van der Waals surface area contributed by atoms with Crippen LogP contribution in [-0.4, -0.2) is 16.5 Å². The van der Waals surface area contributed by atoms with Crippen molar-refractivity contribution in [2.45, 2.75) is 26.7 Å². The van der Waals surface area contributed by atoms with E-state index in [4.69, 9.17) is 17.3 Å². The number of rotatable bonds is 5. The molecule has 0 atom stereocenters. The van der Waals surface area contributed by atoms with Crippen molar-refractivity contribution in [3.63, 3.8) is 0 Å². The standard InChI is InChI=1S/C10H17ClN4/c1-7(2)4-3-5-13-10-8(11)9(12)14-6-15-10/h6-7H,3-5H2,1-2H3,(H3,12,13,14,15). The smallest absolute Gasteiger partial charge is 0.150 e. The maximum atomic E-state index is 5.92. The van der Waals surface area contributed by atoms with Gasteiger partial charge in [0.15, 0.2) is 0 Å². The molecule has 1 rings (SSSR count). The molecule has 0 saturated carbocycles. The van der Waals surface area contributed by atoms with Gasteiger partial charge in [0.25, 0.3) is 0 Å². The molecule has 1 aromatic heterocycles. The second-order valence-electron chi connectivity index (χ2n) is 3.88. The topological polar surface area (TPSA) is 63.8 Å². The molecule has 15 heavy (non-hydrogen) atoms. The highest BCUT2D eigenvalue weighted by Gasteiger charge is 2.05. The predicted molar refractivity (Wildman–Crippen MR) is 64.0 cm³/mol. The summed E-state index contributed by atoms with van der Waals surface area (Å²) in [5.41, 5.74) is 5.55. The van der Waals surface area contributed by atoms with Crippen LogP contribution in [0.1, 0.15) is 26.7 Å². The number of anilines is 2. The number of hydrogen-bond acceptors (Lipinski definition) is 4. The third-order valence-corrected chi connectivity index (χ3v) is 2.44.